The summed E-state index contributed by atoms with van der Waals surface area (Å²) in [5.74, 6) is 0.165. The summed E-state index contributed by atoms with van der Waals surface area (Å²) in [5.41, 5.74) is 5.57. The summed E-state index contributed by atoms with van der Waals surface area (Å²) < 4.78 is 1.88. The van der Waals surface area contributed by atoms with Crippen molar-refractivity contribution in [3.63, 3.8) is 0 Å². The molecule has 0 aliphatic rings. The Balaban J connectivity index is 1.93. The molecular formula is C19H28N4O. The molecule has 5 nitrogen and oxygen atoms in total. The van der Waals surface area contributed by atoms with Gasteiger partial charge in [-0.05, 0) is 57.4 Å². The number of amides is 1. The molecule has 0 saturated carbocycles. The van der Waals surface area contributed by atoms with Crippen LogP contribution in [-0.2, 0) is 24.7 Å². The lowest BCUT2D eigenvalue weighted by molar-refractivity contribution is -0.131. The number of pyridine rings is 1. The fourth-order valence-corrected chi connectivity index (χ4v) is 2.98. The summed E-state index contributed by atoms with van der Waals surface area (Å²) in [6.07, 6.45) is 3.85. The van der Waals surface area contributed by atoms with Gasteiger partial charge in [-0.2, -0.15) is 5.10 Å². The highest BCUT2D eigenvalue weighted by molar-refractivity contribution is 5.76. The molecular weight excluding hydrogens is 300 g/mol. The zero-order chi connectivity index (χ0) is 17.9. The van der Waals surface area contributed by atoms with E-state index in [-0.39, 0.29) is 11.9 Å². The van der Waals surface area contributed by atoms with Crippen LogP contribution in [0, 0.1) is 20.8 Å². The largest absolute Gasteiger partial charge is 0.343 e. The predicted octanol–water partition coefficient (Wildman–Crippen LogP) is 2.76. The second-order valence-electron chi connectivity index (χ2n) is 6.66. The molecule has 0 aliphatic heterocycles. The van der Waals surface area contributed by atoms with Crippen molar-refractivity contribution in [2.45, 2.75) is 53.0 Å². The molecule has 0 radical (unpaired) electrons. The van der Waals surface area contributed by atoms with Crippen molar-refractivity contribution in [1.82, 2.24) is 19.7 Å². The summed E-state index contributed by atoms with van der Waals surface area (Å²) in [4.78, 5) is 18.8. The maximum absolute atomic E-state index is 12.5. The van der Waals surface area contributed by atoms with E-state index in [0.717, 1.165) is 29.9 Å². The van der Waals surface area contributed by atoms with Crippen molar-refractivity contribution in [2.75, 3.05) is 7.05 Å². The van der Waals surface area contributed by atoms with Crippen molar-refractivity contribution in [1.29, 1.82) is 0 Å². The van der Waals surface area contributed by atoms with E-state index in [0.29, 0.717) is 6.42 Å². The van der Waals surface area contributed by atoms with E-state index >= 15 is 0 Å². The van der Waals surface area contributed by atoms with Crippen LogP contribution in [0.2, 0.25) is 0 Å². The van der Waals surface area contributed by atoms with Gasteiger partial charge in [0, 0.05) is 50.6 Å². The number of nitrogens with zero attached hydrogens (tertiary/aromatic N) is 4. The topological polar surface area (TPSA) is 51.0 Å². The van der Waals surface area contributed by atoms with Gasteiger partial charge < -0.3 is 4.90 Å². The van der Waals surface area contributed by atoms with Gasteiger partial charge in [0.1, 0.15) is 0 Å². The zero-order valence-electron chi connectivity index (χ0n) is 15.6. The first kappa shape index (κ1) is 18.2. The third-order valence-electron chi connectivity index (χ3n) is 4.78. The van der Waals surface area contributed by atoms with Crippen molar-refractivity contribution in [3.05, 3.63) is 46.5 Å². The zero-order valence-corrected chi connectivity index (χ0v) is 15.6. The highest BCUT2D eigenvalue weighted by Gasteiger charge is 2.18. The van der Waals surface area contributed by atoms with Gasteiger partial charge in [-0.15, -0.1) is 0 Å². The molecule has 0 spiro atoms. The average molecular weight is 328 g/mol. The number of hydrogen-bond acceptors (Lipinski definition) is 3. The summed E-state index contributed by atoms with van der Waals surface area (Å²) >= 11 is 0. The number of aromatic nitrogens is 3. The Morgan fingerprint density at radius 1 is 1.33 bits per heavy atom. The van der Waals surface area contributed by atoms with Crippen molar-refractivity contribution in [3.8, 4) is 0 Å². The normalized spacial score (nSPS) is 12.2. The van der Waals surface area contributed by atoms with Crippen LogP contribution in [-0.4, -0.2) is 38.7 Å². The van der Waals surface area contributed by atoms with E-state index in [2.05, 4.69) is 36.9 Å². The Labute approximate surface area is 144 Å². The quantitative estimate of drug-likeness (QED) is 0.819. The van der Waals surface area contributed by atoms with Crippen LogP contribution >= 0.6 is 0 Å². The first-order valence-corrected chi connectivity index (χ1v) is 8.45. The van der Waals surface area contributed by atoms with Gasteiger partial charge in [-0.25, -0.2) is 0 Å². The van der Waals surface area contributed by atoms with Gasteiger partial charge in [0.25, 0.3) is 0 Å². The first-order valence-electron chi connectivity index (χ1n) is 8.45. The van der Waals surface area contributed by atoms with Crippen LogP contribution in [0.4, 0.5) is 0 Å². The first-order chi connectivity index (χ1) is 11.3. The van der Waals surface area contributed by atoms with Crippen LogP contribution < -0.4 is 0 Å². The second kappa shape index (κ2) is 7.60. The minimum absolute atomic E-state index is 0.128. The van der Waals surface area contributed by atoms with Crippen LogP contribution in [0.1, 0.15) is 41.6 Å². The molecule has 0 saturated heterocycles. The highest BCUT2D eigenvalue weighted by atomic mass is 16.2. The molecule has 130 valence electrons. The minimum Gasteiger partial charge on any atom is -0.343 e. The monoisotopic (exact) mass is 328 g/mol. The van der Waals surface area contributed by atoms with Crippen molar-refractivity contribution in [2.24, 2.45) is 7.05 Å². The molecule has 2 aromatic rings. The van der Waals surface area contributed by atoms with Gasteiger partial charge in [-0.1, -0.05) is 0 Å². The van der Waals surface area contributed by atoms with Gasteiger partial charge in [0.05, 0.1) is 5.69 Å². The van der Waals surface area contributed by atoms with E-state index in [1.54, 1.807) is 0 Å². The fourth-order valence-electron chi connectivity index (χ4n) is 2.98. The van der Waals surface area contributed by atoms with E-state index in [9.17, 15) is 4.79 Å². The lowest BCUT2D eigenvalue weighted by atomic mass is 10.1. The summed E-state index contributed by atoms with van der Waals surface area (Å²) in [7, 11) is 3.82. The molecule has 2 heterocycles. The molecule has 1 atom stereocenters. The maximum Gasteiger partial charge on any atom is 0.222 e. The Morgan fingerprint density at radius 3 is 2.62 bits per heavy atom. The molecule has 2 rings (SSSR count). The molecule has 0 aromatic carbocycles. The lowest BCUT2D eigenvalue weighted by Crippen LogP contribution is -2.36. The molecule has 0 unspecified atom stereocenters. The van der Waals surface area contributed by atoms with E-state index < -0.39 is 0 Å². The average Bonchev–Trinajstić information content (AvgIpc) is 2.77. The molecule has 0 fully saturated rings. The van der Waals surface area contributed by atoms with Gasteiger partial charge >= 0.3 is 0 Å². The summed E-state index contributed by atoms with van der Waals surface area (Å²) in [6, 6.07) is 4.20. The van der Waals surface area contributed by atoms with Gasteiger partial charge in [0.15, 0.2) is 0 Å². The van der Waals surface area contributed by atoms with Crippen LogP contribution in [0.5, 0.6) is 0 Å². The van der Waals surface area contributed by atoms with Crippen LogP contribution in [0.25, 0.3) is 0 Å². The third kappa shape index (κ3) is 4.22. The van der Waals surface area contributed by atoms with Crippen LogP contribution in [0.15, 0.2) is 18.3 Å². The highest BCUT2D eigenvalue weighted by Crippen LogP contribution is 2.15. The number of likely N-dealkylation sites (N-methyl/N-ethyl adjacent to an activating group) is 1. The molecule has 5 heteroatoms. The Hall–Kier alpha value is -2.17. The number of carbonyl (C=O) groups is 1. The second-order valence-corrected chi connectivity index (χ2v) is 6.66. The minimum atomic E-state index is 0.128. The Bertz CT molecular complexity index is 720. The van der Waals surface area contributed by atoms with Crippen LogP contribution in [0.3, 0.4) is 0 Å². The van der Waals surface area contributed by atoms with E-state index in [4.69, 9.17) is 0 Å². The van der Waals surface area contributed by atoms with Crippen molar-refractivity contribution >= 4 is 5.91 Å². The molecule has 24 heavy (non-hydrogen) atoms. The van der Waals surface area contributed by atoms with Crippen molar-refractivity contribution < 1.29 is 4.79 Å². The van der Waals surface area contributed by atoms with Gasteiger partial charge in [0.2, 0.25) is 5.91 Å². The summed E-state index contributed by atoms with van der Waals surface area (Å²) in [5, 5.41) is 4.42. The molecule has 2 aromatic heterocycles. The smallest absolute Gasteiger partial charge is 0.222 e. The SMILES string of the molecule is Cc1ccnc(C[C@@H](C)N(C)C(=O)CCc2c(C)nn(C)c2C)c1. The third-order valence-corrected chi connectivity index (χ3v) is 4.78. The number of aryl methyl sites for hydroxylation is 3. The maximum atomic E-state index is 12.5. The van der Waals surface area contributed by atoms with E-state index in [1.165, 1.54) is 11.1 Å². The molecule has 0 aliphatic carbocycles. The molecule has 0 bridgehead atoms. The Kier molecular flexibility index (Phi) is 5.75. The lowest BCUT2D eigenvalue weighted by Gasteiger charge is -2.25. The summed E-state index contributed by atoms with van der Waals surface area (Å²) in [6.45, 7) is 8.18. The standard InChI is InChI=1S/C19H28N4O/c1-13-9-10-20-17(11-13)12-14(2)22(5)19(24)8-7-18-15(3)21-23(6)16(18)4/h9-11,14H,7-8,12H2,1-6H3/t14-/m1/s1. The number of hydrogen-bond donors (Lipinski definition) is 0. The molecule has 1 amide bonds. The van der Waals surface area contributed by atoms with E-state index in [1.807, 2.05) is 42.9 Å². The fraction of sp³-hybridized carbons (Fsp3) is 0.526. The molecule has 0 N–H and O–H groups in total. The predicted molar refractivity (Wildman–Crippen MR) is 95.9 cm³/mol. The Morgan fingerprint density at radius 2 is 2.04 bits per heavy atom. The van der Waals surface area contributed by atoms with Gasteiger partial charge in [-0.3, -0.25) is 14.5 Å². The number of carbonyl (C=O) groups excluding carboxylic acids is 1. The number of rotatable bonds is 6.